The van der Waals surface area contributed by atoms with E-state index in [1.165, 1.54) is 10.6 Å². The first-order valence-corrected chi connectivity index (χ1v) is 13.7. The van der Waals surface area contributed by atoms with Crippen LogP contribution in [0.15, 0.2) is 54.7 Å². The number of hydrogen-bond acceptors (Lipinski definition) is 5. The van der Waals surface area contributed by atoms with Crippen molar-refractivity contribution < 1.29 is 18.0 Å². The molecule has 0 spiro atoms. The lowest BCUT2D eigenvalue weighted by Gasteiger charge is -2.34. The molecule has 1 aromatic carbocycles. The Balaban J connectivity index is 1.35. The number of fused-ring (bicyclic) bond motifs is 1. The summed E-state index contributed by atoms with van der Waals surface area (Å²) in [6.07, 6.45) is 4.68. The van der Waals surface area contributed by atoms with Gasteiger partial charge in [-0.05, 0) is 37.1 Å². The van der Waals surface area contributed by atoms with Crippen LogP contribution in [0.3, 0.4) is 0 Å². The number of nitrogens with zero attached hydrogens (tertiary/aromatic N) is 5. The molecule has 0 radical (unpaired) electrons. The Labute approximate surface area is 205 Å². The maximum absolute atomic E-state index is 13.5. The summed E-state index contributed by atoms with van der Waals surface area (Å²) in [6, 6.07) is 14.8. The van der Waals surface area contributed by atoms with E-state index in [1.807, 2.05) is 47.0 Å². The van der Waals surface area contributed by atoms with E-state index >= 15 is 0 Å². The summed E-state index contributed by atoms with van der Waals surface area (Å²) in [5.74, 6) is 0.438. The summed E-state index contributed by atoms with van der Waals surface area (Å²) >= 11 is 0. The lowest BCUT2D eigenvalue weighted by molar-refractivity contribution is 0.0533. The molecule has 1 unspecified atom stereocenters. The molecule has 0 N–H and O–H groups in total. The van der Waals surface area contributed by atoms with Crippen LogP contribution in [0.5, 0.6) is 0 Å². The van der Waals surface area contributed by atoms with Crippen LogP contribution in [0, 0.1) is 0 Å². The first-order valence-electron chi connectivity index (χ1n) is 11.9. The second kappa shape index (κ2) is 9.43. The Morgan fingerprint density at radius 2 is 1.54 bits per heavy atom. The summed E-state index contributed by atoms with van der Waals surface area (Å²) in [7, 11) is -3.29. The van der Waals surface area contributed by atoms with Crippen LogP contribution in [0.1, 0.15) is 45.4 Å². The van der Waals surface area contributed by atoms with Gasteiger partial charge in [0.15, 0.2) is 5.69 Å². The molecule has 5 rings (SSSR count). The zero-order valence-corrected chi connectivity index (χ0v) is 20.5. The molecule has 3 aromatic rings. The average molecular weight is 496 g/mol. The molecule has 9 nitrogen and oxygen atoms in total. The minimum absolute atomic E-state index is 0.0276. The molecular weight excluding hydrogens is 466 g/mol. The number of carbonyl (C=O) groups is 2. The van der Waals surface area contributed by atoms with Crippen LogP contribution in [0.4, 0.5) is 0 Å². The van der Waals surface area contributed by atoms with Crippen LogP contribution >= 0.6 is 0 Å². The monoisotopic (exact) mass is 495 g/mol. The van der Waals surface area contributed by atoms with Crippen LogP contribution in [-0.2, 0) is 10.0 Å². The second-order valence-corrected chi connectivity index (χ2v) is 11.2. The van der Waals surface area contributed by atoms with Crippen molar-refractivity contribution in [3.63, 3.8) is 0 Å². The summed E-state index contributed by atoms with van der Waals surface area (Å²) in [6.45, 7) is 2.67. The Hall–Kier alpha value is -3.24. The number of piperazine rings is 1. The molecule has 2 amide bonds. The Morgan fingerprint density at radius 1 is 0.886 bits per heavy atom. The number of hydrogen-bond donors (Lipinski definition) is 0. The highest BCUT2D eigenvalue weighted by atomic mass is 32.2. The zero-order valence-electron chi connectivity index (χ0n) is 19.7. The number of pyridine rings is 1. The molecule has 35 heavy (non-hydrogen) atoms. The summed E-state index contributed by atoms with van der Waals surface area (Å²) in [5, 5.41) is 0. The van der Waals surface area contributed by atoms with E-state index in [2.05, 4.69) is 0 Å². The maximum atomic E-state index is 13.5. The summed E-state index contributed by atoms with van der Waals surface area (Å²) in [4.78, 5) is 34.6. The molecule has 4 heterocycles. The van der Waals surface area contributed by atoms with Crippen LogP contribution in [0.2, 0.25) is 0 Å². The van der Waals surface area contributed by atoms with Crippen molar-refractivity contribution in [2.75, 3.05) is 45.5 Å². The summed E-state index contributed by atoms with van der Waals surface area (Å²) < 4.78 is 27.7. The molecule has 0 bridgehead atoms. The van der Waals surface area contributed by atoms with Gasteiger partial charge in [0, 0.05) is 56.9 Å². The van der Waals surface area contributed by atoms with Gasteiger partial charge in [0.1, 0.15) is 5.82 Å². The number of benzene rings is 1. The molecule has 2 saturated heterocycles. The zero-order chi connectivity index (χ0) is 24.6. The largest absolute Gasteiger partial charge is 0.335 e. The number of amides is 2. The highest BCUT2D eigenvalue weighted by Crippen LogP contribution is 2.29. The Bertz CT molecular complexity index is 1350. The fourth-order valence-electron chi connectivity index (χ4n) is 4.99. The molecule has 0 saturated carbocycles. The first kappa shape index (κ1) is 23.5. The van der Waals surface area contributed by atoms with Crippen molar-refractivity contribution in [1.82, 2.24) is 23.5 Å². The number of rotatable bonds is 4. The van der Waals surface area contributed by atoms with Gasteiger partial charge >= 0.3 is 0 Å². The van der Waals surface area contributed by atoms with E-state index < -0.39 is 10.0 Å². The lowest BCUT2D eigenvalue weighted by Crippen LogP contribution is -2.50. The van der Waals surface area contributed by atoms with Gasteiger partial charge in [0.05, 0.1) is 11.8 Å². The van der Waals surface area contributed by atoms with E-state index in [0.717, 1.165) is 18.7 Å². The number of aromatic nitrogens is 2. The van der Waals surface area contributed by atoms with Gasteiger partial charge in [-0.1, -0.05) is 24.3 Å². The molecule has 0 aliphatic carbocycles. The molecular formula is C25H29N5O4S. The fourth-order valence-corrected chi connectivity index (χ4v) is 5.90. The van der Waals surface area contributed by atoms with Crippen molar-refractivity contribution >= 4 is 27.4 Å². The molecule has 1 atom stereocenters. The lowest BCUT2D eigenvalue weighted by atomic mass is 9.99. The van der Waals surface area contributed by atoms with Gasteiger partial charge in [0.2, 0.25) is 10.0 Å². The van der Waals surface area contributed by atoms with E-state index in [9.17, 15) is 18.0 Å². The molecule has 2 aliphatic rings. The number of piperidine rings is 1. The summed E-state index contributed by atoms with van der Waals surface area (Å²) in [5.41, 5.74) is 1.74. The van der Waals surface area contributed by atoms with Gasteiger partial charge in [-0.15, -0.1) is 0 Å². The van der Waals surface area contributed by atoms with Gasteiger partial charge in [-0.3, -0.25) is 9.59 Å². The van der Waals surface area contributed by atoms with Crippen molar-refractivity contribution in [3.8, 4) is 0 Å². The molecule has 184 valence electrons. The van der Waals surface area contributed by atoms with Gasteiger partial charge in [-0.25, -0.2) is 17.7 Å². The molecule has 2 fully saturated rings. The average Bonchev–Trinajstić information content (AvgIpc) is 3.28. The van der Waals surface area contributed by atoms with Gasteiger partial charge in [-0.2, -0.15) is 0 Å². The third-order valence-corrected chi connectivity index (χ3v) is 8.14. The Kier molecular flexibility index (Phi) is 6.33. The third kappa shape index (κ3) is 4.68. The van der Waals surface area contributed by atoms with Crippen LogP contribution < -0.4 is 0 Å². The SMILES string of the molecule is CS(=O)(=O)N1CCCC(c2nc(C(=O)N3CCN(C(=O)c4ccccc4)CC3)c3ccccn23)C1. The predicted octanol–water partition coefficient (Wildman–Crippen LogP) is 2.07. The third-order valence-electron chi connectivity index (χ3n) is 6.87. The minimum atomic E-state index is -3.29. The van der Waals surface area contributed by atoms with Gasteiger partial charge < -0.3 is 14.2 Å². The minimum Gasteiger partial charge on any atom is -0.335 e. The number of imidazole rings is 1. The van der Waals surface area contributed by atoms with Crippen LogP contribution in [0.25, 0.3) is 5.52 Å². The fraction of sp³-hybridized carbons (Fsp3) is 0.400. The van der Waals surface area contributed by atoms with E-state index in [0.29, 0.717) is 56.0 Å². The highest BCUT2D eigenvalue weighted by molar-refractivity contribution is 7.88. The Morgan fingerprint density at radius 3 is 2.23 bits per heavy atom. The standard InChI is InChI=1S/C25H29N5O4S/c1-35(33,34)29-12-7-10-20(18-29)23-26-22(21-11-5-6-13-30(21)23)25(32)28-16-14-27(15-17-28)24(31)19-8-3-2-4-9-19/h2-6,8-9,11,13,20H,7,10,12,14-18H2,1H3. The quantitative estimate of drug-likeness (QED) is 0.552. The van der Waals surface area contributed by atoms with Gasteiger partial charge in [0.25, 0.3) is 11.8 Å². The molecule has 2 aromatic heterocycles. The topological polar surface area (TPSA) is 95.3 Å². The van der Waals surface area contributed by atoms with Crippen molar-refractivity contribution in [3.05, 3.63) is 71.8 Å². The maximum Gasteiger partial charge on any atom is 0.274 e. The van der Waals surface area contributed by atoms with E-state index in [4.69, 9.17) is 4.98 Å². The molecule has 2 aliphatic heterocycles. The van der Waals surface area contributed by atoms with E-state index in [-0.39, 0.29) is 17.7 Å². The normalized spacial score (nSPS) is 19.7. The number of carbonyl (C=O) groups excluding carboxylic acids is 2. The van der Waals surface area contributed by atoms with Crippen molar-refractivity contribution in [2.24, 2.45) is 0 Å². The van der Waals surface area contributed by atoms with Crippen LogP contribution in [-0.4, -0.2) is 89.2 Å². The predicted molar refractivity (Wildman–Crippen MR) is 132 cm³/mol. The smallest absolute Gasteiger partial charge is 0.274 e. The molecule has 10 heteroatoms. The van der Waals surface area contributed by atoms with Crippen molar-refractivity contribution in [1.29, 1.82) is 0 Å². The van der Waals surface area contributed by atoms with E-state index in [1.54, 1.807) is 21.9 Å². The first-order chi connectivity index (χ1) is 16.8. The van der Waals surface area contributed by atoms with Crippen molar-refractivity contribution in [2.45, 2.75) is 18.8 Å². The highest BCUT2D eigenvalue weighted by Gasteiger charge is 2.32. The second-order valence-electron chi connectivity index (χ2n) is 9.19. The number of sulfonamides is 1.